The Balaban J connectivity index is 5.30. The van der Waals surface area contributed by atoms with Crippen molar-refractivity contribution in [3.05, 3.63) is 24.3 Å². The molecule has 95 heavy (non-hydrogen) atoms. The van der Waals surface area contributed by atoms with E-state index in [4.69, 9.17) is 37.0 Å². The zero-order valence-electron chi connectivity index (χ0n) is 61.3. The molecule has 0 aliphatic heterocycles. The van der Waals surface area contributed by atoms with E-state index < -0.39 is 97.5 Å². The molecule has 560 valence electrons. The van der Waals surface area contributed by atoms with Gasteiger partial charge < -0.3 is 33.8 Å². The van der Waals surface area contributed by atoms with Gasteiger partial charge in [-0.25, -0.2) is 9.13 Å². The molecular formula is C76H144O17P2. The first kappa shape index (κ1) is 92.5. The van der Waals surface area contributed by atoms with Crippen LogP contribution < -0.4 is 0 Å². The molecule has 19 heteroatoms. The zero-order valence-corrected chi connectivity index (χ0v) is 63.1. The first-order chi connectivity index (χ1) is 46.0. The molecule has 0 aromatic heterocycles. The lowest BCUT2D eigenvalue weighted by Gasteiger charge is -2.21. The fourth-order valence-electron chi connectivity index (χ4n) is 11.2. The van der Waals surface area contributed by atoms with Crippen LogP contribution in [0.1, 0.15) is 375 Å². The molecule has 0 fully saturated rings. The van der Waals surface area contributed by atoms with Crippen molar-refractivity contribution in [2.75, 3.05) is 39.6 Å². The van der Waals surface area contributed by atoms with E-state index in [0.717, 1.165) is 109 Å². The third kappa shape index (κ3) is 69.8. The molecule has 0 radical (unpaired) electrons. The molecule has 2 unspecified atom stereocenters. The second kappa shape index (κ2) is 68.7. The number of esters is 4. The molecule has 0 aromatic rings. The van der Waals surface area contributed by atoms with Crippen LogP contribution >= 0.6 is 15.6 Å². The van der Waals surface area contributed by atoms with Crippen molar-refractivity contribution in [3.8, 4) is 0 Å². The number of phosphoric acid groups is 2. The summed E-state index contributed by atoms with van der Waals surface area (Å²) in [5, 5.41) is 10.6. The van der Waals surface area contributed by atoms with Crippen molar-refractivity contribution >= 4 is 39.5 Å². The Kier molecular flexibility index (Phi) is 66.9. The van der Waals surface area contributed by atoms with E-state index in [1.807, 2.05) is 0 Å². The fourth-order valence-corrected chi connectivity index (χ4v) is 12.7. The van der Waals surface area contributed by atoms with Crippen LogP contribution in [-0.2, 0) is 65.4 Å². The minimum atomic E-state index is -4.96. The maximum Gasteiger partial charge on any atom is 0.472 e. The number of rotatable bonds is 74. The van der Waals surface area contributed by atoms with Crippen LogP contribution in [0.25, 0.3) is 0 Å². The number of hydrogen-bond donors (Lipinski definition) is 3. The van der Waals surface area contributed by atoms with Gasteiger partial charge in [-0.1, -0.05) is 322 Å². The van der Waals surface area contributed by atoms with E-state index in [9.17, 15) is 43.2 Å². The summed E-state index contributed by atoms with van der Waals surface area (Å²) in [6.45, 7) is 7.24. The van der Waals surface area contributed by atoms with Gasteiger partial charge >= 0.3 is 39.5 Å². The number of allylic oxidation sites excluding steroid dienone is 4. The minimum absolute atomic E-state index is 0.0854. The summed E-state index contributed by atoms with van der Waals surface area (Å²) in [5.41, 5.74) is 0. The lowest BCUT2D eigenvalue weighted by molar-refractivity contribution is -0.161. The molecule has 0 aromatic carbocycles. The van der Waals surface area contributed by atoms with Crippen molar-refractivity contribution < 1.29 is 80.2 Å². The first-order valence-corrected chi connectivity index (χ1v) is 41.9. The first-order valence-electron chi connectivity index (χ1n) is 39.0. The number of unbranched alkanes of at least 4 members (excludes halogenated alkanes) is 43. The van der Waals surface area contributed by atoms with Gasteiger partial charge in [-0.3, -0.25) is 37.3 Å². The predicted molar refractivity (Wildman–Crippen MR) is 386 cm³/mol. The Morgan fingerprint density at radius 1 is 0.326 bits per heavy atom. The van der Waals surface area contributed by atoms with Crippen LogP contribution in [0, 0.1) is 5.92 Å². The molecule has 0 saturated heterocycles. The third-order valence-electron chi connectivity index (χ3n) is 17.2. The Bertz CT molecular complexity index is 1920. The monoisotopic (exact) mass is 1390 g/mol. The van der Waals surface area contributed by atoms with Crippen molar-refractivity contribution in [2.45, 2.75) is 393 Å². The van der Waals surface area contributed by atoms with Gasteiger partial charge in [-0.2, -0.15) is 0 Å². The summed E-state index contributed by atoms with van der Waals surface area (Å²) in [5.74, 6) is -1.36. The number of aliphatic hydroxyl groups is 1. The number of hydrogen-bond acceptors (Lipinski definition) is 15. The van der Waals surface area contributed by atoms with Crippen molar-refractivity contribution in [1.29, 1.82) is 0 Å². The molecular weight excluding hydrogens is 1250 g/mol. The SMILES string of the molecule is CCCCCC/C=C\C=C/CCCCCCCC(=O)O[C@H](COC(=O)CCCCCCCCCCCCCCC(C)C)COP(=O)(O)OC[C@@H](O)COP(=O)(O)OC[C@@H](COC(=O)CCCCCCCCCCCCCC)OC(=O)CCCCCCCCCCCCCCC. The zero-order chi connectivity index (χ0) is 69.8. The second-order valence-electron chi connectivity index (χ2n) is 27.2. The summed E-state index contributed by atoms with van der Waals surface area (Å²) >= 11 is 0. The Labute approximate surface area is 580 Å². The van der Waals surface area contributed by atoms with E-state index >= 15 is 0 Å². The molecule has 17 nitrogen and oxygen atoms in total. The standard InChI is InChI=1S/C76H144O17P2/c1-6-9-12-15-18-21-24-27-28-30-37-42-47-52-57-62-76(81)93-72(66-87-74(79)60-55-50-45-40-35-32-31-33-38-43-48-53-58-69(4)5)68-91-95(84,85)89-64-70(77)63-88-94(82,83)90-67-71(65-86-73(78)59-54-49-44-39-34-26-23-20-17-14-11-8-3)92-75(80)61-56-51-46-41-36-29-25-22-19-16-13-10-7-2/h21,24,27-28,69-72,77H,6-20,22-23,25-26,29-68H2,1-5H3,(H,82,83)(H,84,85)/b24-21-,28-27-/t70-,71+,72+/m0/s1. The molecule has 0 rings (SSSR count). The van der Waals surface area contributed by atoms with Gasteiger partial charge in [-0.15, -0.1) is 0 Å². The molecule has 0 aliphatic carbocycles. The lowest BCUT2D eigenvalue weighted by Crippen LogP contribution is -2.30. The van der Waals surface area contributed by atoms with Gasteiger partial charge in [0.2, 0.25) is 0 Å². The topological polar surface area (TPSA) is 237 Å². The molecule has 0 heterocycles. The van der Waals surface area contributed by atoms with Gasteiger partial charge in [-0.05, 0) is 57.3 Å². The van der Waals surface area contributed by atoms with Crippen molar-refractivity contribution in [2.24, 2.45) is 5.92 Å². The predicted octanol–water partition coefficient (Wildman–Crippen LogP) is 22.0. The minimum Gasteiger partial charge on any atom is -0.462 e. The van der Waals surface area contributed by atoms with E-state index in [1.165, 1.54) is 186 Å². The normalized spacial score (nSPS) is 14.1. The number of ether oxygens (including phenoxy) is 4. The average molecular weight is 1390 g/mol. The van der Waals surface area contributed by atoms with Gasteiger partial charge in [0.1, 0.15) is 19.3 Å². The maximum atomic E-state index is 13.1. The number of aliphatic hydroxyl groups excluding tert-OH is 1. The number of carbonyl (C=O) groups excluding carboxylic acids is 4. The van der Waals surface area contributed by atoms with Crippen LogP contribution in [0.2, 0.25) is 0 Å². The highest BCUT2D eigenvalue weighted by molar-refractivity contribution is 7.47. The lowest BCUT2D eigenvalue weighted by atomic mass is 10.0. The Hall–Kier alpha value is -2.46. The van der Waals surface area contributed by atoms with E-state index in [2.05, 4.69) is 58.9 Å². The largest absolute Gasteiger partial charge is 0.472 e. The highest BCUT2D eigenvalue weighted by Gasteiger charge is 2.30. The fraction of sp³-hybridized carbons (Fsp3) is 0.895. The smallest absolute Gasteiger partial charge is 0.462 e. The van der Waals surface area contributed by atoms with Crippen molar-refractivity contribution in [1.82, 2.24) is 0 Å². The Morgan fingerprint density at radius 2 is 0.568 bits per heavy atom. The summed E-state index contributed by atoms with van der Waals surface area (Å²) in [6.07, 6.45) is 60.2. The molecule has 0 saturated carbocycles. The molecule has 0 spiro atoms. The van der Waals surface area contributed by atoms with Gasteiger partial charge in [0.05, 0.1) is 26.4 Å². The van der Waals surface area contributed by atoms with E-state index in [0.29, 0.717) is 25.7 Å². The summed E-state index contributed by atoms with van der Waals surface area (Å²) in [7, 11) is -9.92. The van der Waals surface area contributed by atoms with Crippen LogP contribution in [0.3, 0.4) is 0 Å². The molecule has 0 aliphatic rings. The van der Waals surface area contributed by atoms with Crippen LogP contribution in [0.5, 0.6) is 0 Å². The Morgan fingerprint density at radius 3 is 0.863 bits per heavy atom. The van der Waals surface area contributed by atoms with Crippen molar-refractivity contribution in [3.63, 3.8) is 0 Å². The summed E-state index contributed by atoms with van der Waals surface area (Å²) < 4.78 is 68.5. The summed E-state index contributed by atoms with van der Waals surface area (Å²) in [4.78, 5) is 72.8. The average Bonchev–Trinajstić information content (AvgIpc) is 1.89. The van der Waals surface area contributed by atoms with E-state index in [-0.39, 0.29) is 25.7 Å². The highest BCUT2D eigenvalue weighted by atomic mass is 31.2. The highest BCUT2D eigenvalue weighted by Crippen LogP contribution is 2.45. The number of phosphoric ester groups is 2. The summed E-state index contributed by atoms with van der Waals surface area (Å²) in [6, 6.07) is 0. The third-order valence-corrected chi connectivity index (χ3v) is 19.1. The second-order valence-corrected chi connectivity index (χ2v) is 30.1. The molecule has 3 N–H and O–H groups in total. The molecule has 5 atom stereocenters. The molecule has 0 amide bonds. The van der Waals surface area contributed by atoms with Gasteiger partial charge in [0, 0.05) is 25.7 Å². The van der Waals surface area contributed by atoms with E-state index in [1.54, 1.807) is 0 Å². The van der Waals surface area contributed by atoms with Crippen LogP contribution in [0.4, 0.5) is 0 Å². The van der Waals surface area contributed by atoms with Crippen LogP contribution in [0.15, 0.2) is 24.3 Å². The molecule has 0 bridgehead atoms. The number of carbonyl (C=O) groups is 4. The quantitative estimate of drug-likeness (QED) is 0.0169. The van der Waals surface area contributed by atoms with Gasteiger partial charge in [0.15, 0.2) is 12.2 Å². The van der Waals surface area contributed by atoms with Crippen LogP contribution in [-0.4, -0.2) is 96.7 Å². The maximum absolute atomic E-state index is 13.1. The van der Waals surface area contributed by atoms with Gasteiger partial charge in [0.25, 0.3) is 0 Å².